The number of aryl methyl sites for hydroxylation is 1. The summed E-state index contributed by atoms with van der Waals surface area (Å²) in [7, 11) is 0. The third kappa shape index (κ3) is 1.37. The zero-order chi connectivity index (χ0) is 11.1. The van der Waals surface area contributed by atoms with Crippen LogP contribution >= 0.6 is 0 Å². The molecule has 1 saturated heterocycles. The maximum atomic E-state index is 9.69. The van der Waals surface area contributed by atoms with Gasteiger partial charge >= 0.3 is 0 Å². The Hall–Kier alpha value is -1.29. The lowest BCUT2D eigenvalue weighted by atomic mass is 10.1. The molecule has 2 aliphatic rings. The summed E-state index contributed by atoms with van der Waals surface area (Å²) >= 11 is 0. The molecule has 1 fully saturated rings. The Bertz CT molecular complexity index is 408. The minimum atomic E-state index is -0.244. The number of hydrogen-bond acceptors (Lipinski definition) is 4. The third-order valence-electron chi connectivity index (χ3n) is 3.43. The predicted octanol–water partition coefficient (Wildman–Crippen LogP) is 0.976. The van der Waals surface area contributed by atoms with Gasteiger partial charge in [-0.15, -0.1) is 0 Å². The molecule has 0 saturated carbocycles. The van der Waals surface area contributed by atoms with Gasteiger partial charge in [0.15, 0.2) is 11.6 Å². The molecule has 4 nitrogen and oxygen atoms in total. The van der Waals surface area contributed by atoms with Crippen LogP contribution in [0.15, 0.2) is 12.3 Å². The zero-order valence-electron chi connectivity index (χ0n) is 9.39. The van der Waals surface area contributed by atoms with E-state index < -0.39 is 0 Å². The first-order valence-electron chi connectivity index (χ1n) is 5.85. The van der Waals surface area contributed by atoms with Crippen LogP contribution < -0.4 is 9.64 Å². The summed E-state index contributed by atoms with van der Waals surface area (Å²) in [6.45, 7) is 3.47. The van der Waals surface area contributed by atoms with Crippen LogP contribution in [0.3, 0.4) is 0 Å². The van der Waals surface area contributed by atoms with Gasteiger partial charge in [-0.2, -0.15) is 0 Å². The number of rotatable bonds is 1. The van der Waals surface area contributed by atoms with Crippen molar-refractivity contribution in [2.45, 2.75) is 31.9 Å². The minimum Gasteiger partial charge on any atom is -0.487 e. The van der Waals surface area contributed by atoms with Gasteiger partial charge in [0.1, 0.15) is 6.61 Å². The van der Waals surface area contributed by atoms with Gasteiger partial charge in [-0.3, -0.25) is 0 Å². The molecule has 0 spiro atoms. The minimum absolute atomic E-state index is 0.244. The fourth-order valence-electron chi connectivity index (χ4n) is 2.60. The van der Waals surface area contributed by atoms with Crippen LogP contribution in [0.4, 0.5) is 5.82 Å². The van der Waals surface area contributed by atoms with Crippen LogP contribution in [0, 0.1) is 0 Å². The SMILES string of the molecule is CCc1ccnc2c1OC[C@@H]1C[C@H](O)CN21. The van der Waals surface area contributed by atoms with Gasteiger partial charge in [-0.25, -0.2) is 4.98 Å². The number of anilines is 1. The summed E-state index contributed by atoms with van der Waals surface area (Å²) in [6.07, 6.45) is 3.32. The number of aliphatic hydroxyl groups is 1. The van der Waals surface area contributed by atoms with Crippen molar-refractivity contribution in [3.05, 3.63) is 17.8 Å². The third-order valence-corrected chi connectivity index (χ3v) is 3.43. The molecule has 1 aromatic heterocycles. The van der Waals surface area contributed by atoms with E-state index in [1.807, 2.05) is 12.3 Å². The lowest BCUT2D eigenvalue weighted by Crippen LogP contribution is -2.39. The molecule has 0 amide bonds. The maximum absolute atomic E-state index is 9.69. The summed E-state index contributed by atoms with van der Waals surface area (Å²) in [4.78, 5) is 6.58. The van der Waals surface area contributed by atoms with Crippen molar-refractivity contribution in [3.8, 4) is 5.75 Å². The molecule has 3 rings (SSSR count). The Labute approximate surface area is 94.9 Å². The van der Waals surface area contributed by atoms with Crippen molar-refractivity contribution < 1.29 is 9.84 Å². The molecule has 16 heavy (non-hydrogen) atoms. The zero-order valence-corrected chi connectivity index (χ0v) is 9.39. The summed E-state index contributed by atoms with van der Waals surface area (Å²) in [5, 5.41) is 9.69. The standard InChI is InChI=1S/C12H16N2O2/c1-2-8-3-4-13-12-11(8)16-7-9-5-10(15)6-14(9)12/h3-4,9-10,15H,2,5-7H2,1H3/t9-,10-/m0/s1. The monoisotopic (exact) mass is 220 g/mol. The Morgan fingerprint density at radius 1 is 1.62 bits per heavy atom. The second-order valence-electron chi connectivity index (χ2n) is 4.48. The predicted molar refractivity (Wildman–Crippen MR) is 60.9 cm³/mol. The fourth-order valence-corrected chi connectivity index (χ4v) is 2.60. The van der Waals surface area contributed by atoms with Crippen LogP contribution in [-0.2, 0) is 6.42 Å². The number of pyridine rings is 1. The largest absolute Gasteiger partial charge is 0.487 e. The van der Waals surface area contributed by atoms with E-state index in [0.29, 0.717) is 19.2 Å². The molecule has 1 N–H and O–H groups in total. The molecular weight excluding hydrogens is 204 g/mol. The van der Waals surface area contributed by atoms with Gasteiger partial charge < -0.3 is 14.7 Å². The van der Waals surface area contributed by atoms with Gasteiger partial charge in [0.05, 0.1) is 12.1 Å². The second kappa shape index (κ2) is 3.63. The molecule has 1 aromatic rings. The van der Waals surface area contributed by atoms with E-state index in [9.17, 15) is 5.11 Å². The van der Waals surface area contributed by atoms with Crippen molar-refractivity contribution in [3.63, 3.8) is 0 Å². The molecular formula is C12H16N2O2. The molecule has 0 radical (unpaired) electrons. The fraction of sp³-hybridized carbons (Fsp3) is 0.583. The van der Waals surface area contributed by atoms with Crippen LogP contribution in [0.5, 0.6) is 5.75 Å². The Balaban J connectivity index is 2.03. The molecule has 0 aromatic carbocycles. The van der Waals surface area contributed by atoms with Crippen molar-refractivity contribution in [2.75, 3.05) is 18.1 Å². The van der Waals surface area contributed by atoms with Gasteiger partial charge in [0, 0.05) is 12.7 Å². The second-order valence-corrected chi connectivity index (χ2v) is 4.48. The molecule has 4 heteroatoms. The molecule has 0 bridgehead atoms. The van der Waals surface area contributed by atoms with E-state index in [1.54, 1.807) is 0 Å². The maximum Gasteiger partial charge on any atom is 0.172 e. The Kier molecular flexibility index (Phi) is 2.24. The summed E-state index contributed by atoms with van der Waals surface area (Å²) < 4.78 is 5.79. The highest BCUT2D eigenvalue weighted by Crippen LogP contribution is 2.38. The van der Waals surface area contributed by atoms with E-state index in [2.05, 4.69) is 16.8 Å². The smallest absolute Gasteiger partial charge is 0.172 e. The lowest BCUT2D eigenvalue weighted by Gasteiger charge is -2.32. The molecule has 3 heterocycles. The lowest BCUT2D eigenvalue weighted by molar-refractivity contribution is 0.187. The molecule has 86 valence electrons. The van der Waals surface area contributed by atoms with Gasteiger partial charge in [0.2, 0.25) is 0 Å². The Morgan fingerprint density at radius 2 is 2.50 bits per heavy atom. The van der Waals surface area contributed by atoms with E-state index >= 15 is 0 Å². The summed E-state index contributed by atoms with van der Waals surface area (Å²) in [5.74, 6) is 1.82. The number of fused-ring (bicyclic) bond motifs is 3. The molecule has 2 atom stereocenters. The van der Waals surface area contributed by atoms with Crippen molar-refractivity contribution in [1.29, 1.82) is 0 Å². The first-order valence-corrected chi connectivity index (χ1v) is 5.85. The van der Waals surface area contributed by atoms with E-state index in [0.717, 1.165) is 24.4 Å². The normalized spacial score (nSPS) is 27.2. The van der Waals surface area contributed by atoms with Crippen molar-refractivity contribution in [1.82, 2.24) is 4.98 Å². The van der Waals surface area contributed by atoms with Gasteiger partial charge in [-0.05, 0) is 24.5 Å². The quantitative estimate of drug-likeness (QED) is 0.766. The summed E-state index contributed by atoms with van der Waals surface area (Å²) in [6, 6.07) is 2.30. The average Bonchev–Trinajstić information content (AvgIpc) is 2.69. The van der Waals surface area contributed by atoms with E-state index in [4.69, 9.17) is 4.74 Å². The van der Waals surface area contributed by atoms with Crippen LogP contribution in [0.25, 0.3) is 0 Å². The van der Waals surface area contributed by atoms with Gasteiger partial charge in [0.25, 0.3) is 0 Å². The number of aliphatic hydroxyl groups excluding tert-OH is 1. The van der Waals surface area contributed by atoms with Crippen molar-refractivity contribution in [2.24, 2.45) is 0 Å². The average molecular weight is 220 g/mol. The molecule has 0 unspecified atom stereocenters. The van der Waals surface area contributed by atoms with Crippen molar-refractivity contribution >= 4 is 5.82 Å². The first kappa shape index (κ1) is 9.90. The highest BCUT2D eigenvalue weighted by molar-refractivity contribution is 5.59. The number of ether oxygens (including phenoxy) is 1. The first-order chi connectivity index (χ1) is 7.79. The molecule has 0 aliphatic carbocycles. The van der Waals surface area contributed by atoms with E-state index in [-0.39, 0.29) is 6.10 Å². The highest BCUT2D eigenvalue weighted by Gasteiger charge is 2.37. The number of hydrogen-bond donors (Lipinski definition) is 1. The van der Waals surface area contributed by atoms with Crippen LogP contribution in [-0.4, -0.2) is 35.4 Å². The number of aromatic nitrogens is 1. The number of nitrogens with zero attached hydrogens (tertiary/aromatic N) is 2. The molecule has 2 aliphatic heterocycles. The van der Waals surface area contributed by atoms with Gasteiger partial charge in [-0.1, -0.05) is 6.92 Å². The highest BCUT2D eigenvalue weighted by atomic mass is 16.5. The van der Waals surface area contributed by atoms with Crippen LogP contribution in [0.1, 0.15) is 18.9 Å². The van der Waals surface area contributed by atoms with Crippen LogP contribution in [0.2, 0.25) is 0 Å². The van der Waals surface area contributed by atoms with E-state index in [1.165, 1.54) is 5.56 Å². The topological polar surface area (TPSA) is 45.6 Å². The Morgan fingerprint density at radius 3 is 3.31 bits per heavy atom. The summed E-state index contributed by atoms with van der Waals surface area (Å²) in [5.41, 5.74) is 1.20.